The lowest BCUT2D eigenvalue weighted by atomic mass is 10.1. The van der Waals surface area contributed by atoms with Gasteiger partial charge in [-0.25, -0.2) is 0 Å². The summed E-state index contributed by atoms with van der Waals surface area (Å²) in [6, 6.07) is 0. The Labute approximate surface area is 122 Å². The van der Waals surface area contributed by atoms with Gasteiger partial charge in [0.25, 0.3) is 5.91 Å². The van der Waals surface area contributed by atoms with Crippen LogP contribution in [-0.2, 0) is 0 Å². The van der Waals surface area contributed by atoms with Gasteiger partial charge in [-0.2, -0.15) is 0 Å². The predicted molar refractivity (Wildman–Crippen MR) is 82.3 cm³/mol. The molecule has 0 unspecified atom stereocenters. The van der Waals surface area contributed by atoms with Crippen LogP contribution in [0.3, 0.4) is 0 Å². The van der Waals surface area contributed by atoms with E-state index in [4.69, 9.17) is 11.5 Å². The van der Waals surface area contributed by atoms with Gasteiger partial charge in [0.1, 0.15) is 5.00 Å². The number of primary amides is 1. The number of anilines is 2. The van der Waals surface area contributed by atoms with E-state index in [1.807, 2.05) is 0 Å². The van der Waals surface area contributed by atoms with E-state index in [0.29, 0.717) is 9.88 Å². The Morgan fingerprint density at radius 1 is 1.35 bits per heavy atom. The van der Waals surface area contributed by atoms with Crippen LogP contribution in [0.4, 0.5) is 10.7 Å². The van der Waals surface area contributed by atoms with Crippen molar-refractivity contribution >= 4 is 33.7 Å². The largest absolute Gasteiger partial charge is 0.397 e. The summed E-state index contributed by atoms with van der Waals surface area (Å²) in [5.74, 6) is -0.437. The maximum absolute atomic E-state index is 12.1. The summed E-state index contributed by atoms with van der Waals surface area (Å²) in [7, 11) is 0. The lowest BCUT2D eigenvalue weighted by Crippen LogP contribution is -2.15. The summed E-state index contributed by atoms with van der Waals surface area (Å²) in [5, 5.41) is 3.82. The number of hydrogen-bond donors (Lipinski definition) is 3. The molecule has 1 aliphatic carbocycles. The molecule has 1 amide bonds. The fourth-order valence-electron chi connectivity index (χ4n) is 2.10. The number of thiophene rings is 1. The molecule has 110 valence electrons. The summed E-state index contributed by atoms with van der Waals surface area (Å²) in [4.78, 5) is 24.2. The minimum absolute atomic E-state index is 0.0524. The average molecular weight is 295 g/mol. The quantitative estimate of drug-likeness (QED) is 0.507. The molecule has 0 aromatic carbocycles. The Hall–Kier alpha value is -1.56. The van der Waals surface area contributed by atoms with Gasteiger partial charge in [-0.1, -0.05) is 19.8 Å². The minimum atomic E-state index is -0.577. The molecule has 0 spiro atoms. The van der Waals surface area contributed by atoms with Crippen molar-refractivity contribution < 1.29 is 9.59 Å². The van der Waals surface area contributed by atoms with Crippen molar-refractivity contribution in [1.29, 1.82) is 0 Å². The molecule has 5 N–H and O–H groups in total. The van der Waals surface area contributed by atoms with E-state index in [1.165, 1.54) is 11.3 Å². The Kier molecular flexibility index (Phi) is 4.65. The van der Waals surface area contributed by atoms with Crippen molar-refractivity contribution in [2.24, 2.45) is 11.7 Å². The Balaban J connectivity index is 2.18. The molecule has 20 heavy (non-hydrogen) atoms. The van der Waals surface area contributed by atoms with E-state index in [0.717, 1.165) is 38.6 Å². The Morgan fingerprint density at radius 3 is 2.60 bits per heavy atom. The molecule has 1 heterocycles. The number of carbonyl (C=O) groups excluding carboxylic acids is 2. The minimum Gasteiger partial charge on any atom is -0.397 e. The van der Waals surface area contributed by atoms with E-state index in [9.17, 15) is 9.59 Å². The first-order valence-electron chi connectivity index (χ1n) is 7.06. The van der Waals surface area contributed by atoms with Crippen LogP contribution >= 0.6 is 11.3 Å². The summed E-state index contributed by atoms with van der Waals surface area (Å²) in [6.45, 7) is 2.88. The highest BCUT2D eigenvalue weighted by atomic mass is 32.1. The van der Waals surface area contributed by atoms with Gasteiger partial charge in [-0.3, -0.25) is 9.59 Å². The number of nitrogens with two attached hydrogens (primary N) is 2. The summed E-state index contributed by atoms with van der Waals surface area (Å²) >= 11 is 1.26. The number of nitrogens with one attached hydrogen (secondary N) is 1. The van der Waals surface area contributed by atoms with Gasteiger partial charge in [0, 0.05) is 12.5 Å². The fourth-order valence-corrected chi connectivity index (χ4v) is 3.27. The molecule has 0 atom stereocenters. The summed E-state index contributed by atoms with van der Waals surface area (Å²) in [5.41, 5.74) is 11.9. The van der Waals surface area contributed by atoms with Crippen LogP contribution in [0.5, 0.6) is 0 Å². The number of hydrogen-bond acceptors (Lipinski definition) is 5. The number of carbonyl (C=O) groups is 2. The number of amides is 1. The fraction of sp³-hybridized carbons (Fsp3) is 0.571. The molecule has 1 saturated carbocycles. The molecule has 1 aromatic heterocycles. The Bertz CT molecular complexity index is 521. The van der Waals surface area contributed by atoms with Crippen LogP contribution in [0.2, 0.25) is 0 Å². The van der Waals surface area contributed by atoms with Gasteiger partial charge < -0.3 is 16.8 Å². The summed E-state index contributed by atoms with van der Waals surface area (Å²) in [6.07, 6.45) is 5.09. The molecule has 2 rings (SSSR count). The van der Waals surface area contributed by atoms with Crippen LogP contribution in [0.1, 0.15) is 59.1 Å². The van der Waals surface area contributed by atoms with E-state index < -0.39 is 5.91 Å². The standard InChI is InChI=1S/C14H21N3O2S/c1-2-3-4-7-17-14-9(13(16)19)10(15)12(20-14)11(18)8-5-6-8/h8,17H,2-7,15H2,1H3,(H2,16,19). The summed E-state index contributed by atoms with van der Waals surface area (Å²) < 4.78 is 0. The molecule has 0 aliphatic heterocycles. The molecule has 1 aliphatic rings. The SMILES string of the molecule is CCCCCNc1sc(C(=O)C2CC2)c(N)c1C(N)=O. The maximum Gasteiger partial charge on any atom is 0.253 e. The normalized spacial score (nSPS) is 14.2. The monoisotopic (exact) mass is 295 g/mol. The Morgan fingerprint density at radius 2 is 2.05 bits per heavy atom. The van der Waals surface area contributed by atoms with Gasteiger partial charge in [0.05, 0.1) is 16.1 Å². The predicted octanol–water partition coefficient (Wildman–Crippen LogP) is 2.62. The third-order valence-corrected chi connectivity index (χ3v) is 4.61. The maximum atomic E-state index is 12.1. The highest BCUT2D eigenvalue weighted by Gasteiger charge is 2.34. The van der Waals surface area contributed by atoms with Crippen molar-refractivity contribution in [3.63, 3.8) is 0 Å². The number of Topliss-reactive ketones (excluding diaryl/α,β-unsaturated/α-hetero) is 1. The highest BCUT2D eigenvalue weighted by Crippen LogP contribution is 2.41. The third kappa shape index (κ3) is 3.12. The number of unbranched alkanes of at least 4 members (excludes halogenated alkanes) is 2. The third-order valence-electron chi connectivity index (χ3n) is 3.43. The topological polar surface area (TPSA) is 98.2 Å². The van der Waals surface area contributed by atoms with Gasteiger partial charge >= 0.3 is 0 Å². The van der Waals surface area contributed by atoms with Crippen LogP contribution in [-0.4, -0.2) is 18.2 Å². The van der Waals surface area contributed by atoms with Gasteiger partial charge in [-0.15, -0.1) is 11.3 Å². The molecule has 1 fully saturated rings. The van der Waals surface area contributed by atoms with E-state index >= 15 is 0 Å². The van der Waals surface area contributed by atoms with Gasteiger partial charge in [0.15, 0.2) is 5.78 Å². The highest BCUT2D eigenvalue weighted by molar-refractivity contribution is 7.19. The van der Waals surface area contributed by atoms with Crippen molar-refractivity contribution in [1.82, 2.24) is 0 Å². The van der Waals surface area contributed by atoms with Crippen LogP contribution in [0, 0.1) is 5.92 Å². The molecular formula is C14H21N3O2S. The van der Waals surface area contributed by atoms with Gasteiger partial charge in [-0.05, 0) is 19.3 Å². The zero-order valence-electron chi connectivity index (χ0n) is 11.7. The molecule has 1 aromatic rings. The van der Waals surface area contributed by atoms with Crippen molar-refractivity contribution in [3.05, 3.63) is 10.4 Å². The molecule has 0 saturated heterocycles. The first kappa shape index (κ1) is 14.8. The molecular weight excluding hydrogens is 274 g/mol. The lowest BCUT2D eigenvalue weighted by molar-refractivity contribution is 0.0972. The van der Waals surface area contributed by atoms with E-state index in [2.05, 4.69) is 12.2 Å². The van der Waals surface area contributed by atoms with Crippen molar-refractivity contribution in [2.45, 2.75) is 39.0 Å². The zero-order chi connectivity index (χ0) is 14.7. The van der Waals surface area contributed by atoms with Crippen LogP contribution in [0.15, 0.2) is 0 Å². The van der Waals surface area contributed by atoms with Crippen molar-refractivity contribution in [2.75, 3.05) is 17.6 Å². The van der Waals surface area contributed by atoms with Crippen molar-refractivity contribution in [3.8, 4) is 0 Å². The molecule has 0 radical (unpaired) electrons. The number of ketones is 1. The smallest absolute Gasteiger partial charge is 0.253 e. The first-order chi connectivity index (χ1) is 9.56. The molecule has 0 bridgehead atoms. The number of nitrogen functional groups attached to an aromatic ring is 1. The second-order valence-corrected chi connectivity index (χ2v) is 6.21. The van der Waals surface area contributed by atoms with Crippen LogP contribution in [0.25, 0.3) is 0 Å². The molecule has 5 nitrogen and oxygen atoms in total. The first-order valence-corrected chi connectivity index (χ1v) is 7.88. The zero-order valence-corrected chi connectivity index (χ0v) is 12.5. The lowest BCUT2D eigenvalue weighted by Gasteiger charge is -2.05. The van der Waals surface area contributed by atoms with Gasteiger partial charge in [0.2, 0.25) is 0 Å². The van der Waals surface area contributed by atoms with E-state index in [1.54, 1.807) is 0 Å². The van der Waals surface area contributed by atoms with E-state index in [-0.39, 0.29) is 23.0 Å². The second kappa shape index (κ2) is 6.26. The second-order valence-electron chi connectivity index (χ2n) is 5.19. The average Bonchev–Trinajstić information content (AvgIpc) is 3.18. The van der Waals surface area contributed by atoms with Crippen LogP contribution < -0.4 is 16.8 Å². The number of rotatable bonds is 8. The molecule has 6 heteroatoms.